The van der Waals surface area contributed by atoms with Crippen molar-refractivity contribution in [1.29, 1.82) is 5.26 Å². The van der Waals surface area contributed by atoms with Crippen molar-refractivity contribution >= 4 is 28.6 Å². The Morgan fingerprint density at radius 1 is 1.26 bits per heavy atom. The van der Waals surface area contributed by atoms with Crippen LogP contribution < -0.4 is 26.4 Å². The van der Waals surface area contributed by atoms with Crippen molar-refractivity contribution in [2.45, 2.75) is 83.5 Å². The van der Waals surface area contributed by atoms with E-state index in [1.165, 1.54) is 0 Å². The summed E-state index contributed by atoms with van der Waals surface area (Å²) >= 11 is 0. The van der Waals surface area contributed by atoms with Gasteiger partial charge in [-0.2, -0.15) is 10.4 Å². The average molecular weight is 591 g/mol. The Bertz CT molecular complexity index is 1500. The standard InChI is InChI=1S/C31H42N8O4/c1-17(2)11-23(36-30(42)24-15-21-22(35-24)7-6-8-25(21)43-5)29(41)34-19(9-10-32)12-18-13-26(37-28(18)40)31(3,4)27-14-20(16-33)38-39-27/h6-8,14-15,17-19,23,26,35H,9,11-13,16,33H2,1-5H3,(H,34,41)(H,36,42)(H,37,40)(H,38,39)/t18-,19-,23+,26?/m1/s1. The lowest BCUT2D eigenvalue weighted by Gasteiger charge is -2.29. The molecule has 0 radical (unpaired) electrons. The van der Waals surface area contributed by atoms with Crippen LogP contribution in [0.3, 0.4) is 0 Å². The monoisotopic (exact) mass is 590 g/mol. The molecule has 3 heterocycles. The molecular weight excluding hydrogens is 548 g/mol. The van der Waals surface area contributed by atoms with Gasteiger partial charge in [-0.1, -0.05) is 33.8 Å². The first-order valence-electron chi connectivity index (χ1n) is 14.7. The summed E-state index contributed by atoms with van der Waals surface area (Å²) in [6.07, 6.45) is 1.27. The molecule has 1 saturated heterocycles. The molecule has 43 heavy (non-hydrogen) atoms. The number of nitrogens with two attached hydrogens (primary N) is 1. The van der Waals surface area contributed by atoms with Gasteiger partial charge < -0.3 is 31.4 Å². The Morgan fingerprint density at radius 2 is 2.02 bits per heavy atom. The van der Waals surface area contributed by atoms with Crippen molar-refractivity contribution in [2.24, 2.45) is 17.6 Å². The highest BCUT2D eigenvalue weighted by molar-refractivity contribution is 6.01. The molecule has 3 aromatic rings. The molecule has 230 valence electrons. The third-order valence-corrected chi connectivity index (χ3v) is 8.26. The van der Waals surface area contributed by atoms with Gasteiger partial charge in [-0.25, -0.2) is 0 Å². The lowest BCUT2D eigenvalue weighted by atomic mass is 9.78. The number of H-pyrrole nitrogens is 2. The van der Waals surface area contributed by atoms with Gasteiger partial charge in [0.15, 0.2) is 0 Å². The number of nitrogens with one attached hydrogen (secondary N) is 5. The average Bonchev–Trinajstić information content (AvgIpc) is 3.71. The summed E-state index contributed by atoms with van der Waals surface area (Å²) in [6.45, 7) is 8.32. The van der Waals surface area contributed by atoms with Crippen molar-refractivity contribution in [3.63, 3.8) is 0 Å². The maximum atomic E-state index is 13.5. The van der Waals surface area contributed by atoms with Crippen molar-refractivity contribution in [3.8, 4) is 11.8 Å². The largest absolute Gasteiger partial charge is 0.496 e. The zero-order valence-electron chi connectivity index (χ0n) is 25.4. The summed E-state index contributed by atoms with van der Waals surface area (Å²) in [6, 6.07) is 9.65. The molecule has 0 saturated carbocycles. The first kappa shape index (κ1) is 31.6. The molecule has 1 aliphatic heterocycles. The van der Waals surface area contributed by atoms with Crippen LogP contribution in [-0.4, -0.2) is 58.1 Å². The number of carbonyl (C=O) groups is 3. The number of carbonyl (C=O) groups excluding carboxylic acids is 3. The SMILES string of the molecule is COc1cccc2[nH]c(C(=O)N[C@@H](CC(C)C)C(=O)N[C@H](CC#N)C[C@@H]3CC(C(C)(C)c4cc(CN)[nH]n4)NC3=O)cc12. The first-order valence-corrected chi connectivity index (χ1v) is 14.7. The van der Waals surface area contributed by atoms with Crippen molar-refractivity contribution in [3.05, 3.63) is 47.4 Å². The van der Waals surface area contributed by atoms with Gasteiger partial charge in [-0.3, -0.25) is 19.5 Å². The topological polar surface area (TPSA) is 191 Å². The van der Waals surface area contributed by atoms with Crippen LogP contribution in [0.1, 0.15) is 75.3 Å². The number of nitrogens with zero attached hydrogens (tertiary/aromatic N) is 2. The van der Waals surface area contributed by atoms with Gasteiger partial charge in [-0.15, -0.1) is 0 Å². The molecule has 1 aliphatic rings. The Balaban J connectivity index is 1.44. The van der Waals surface area contributed by atoms with E-state index in [0.29, 0.717) is 37.3 Å². The fourth-order valence-corrected chi connectivity index (χ4v) is 5.71. The van der Waals surface area contributed by atoms with Crippen molar-refractivity contribution in [2.75, 3.05) is 7.11 Å². The normalized spacial score (nSPS) is 18.2. The highest BCUT2D eigenvalue weighted by Gasteiger charge is 2.43. The molecule has 12 heteroatoms. The van der Waals surface area contributed by atoms with Crippen LogP contribution in [0.2, 0.25) is 0 Å². The number of amides is 3. The molecule has 0 spiro atoms. The third kappa shape index (κ3) is 7.17. The second kappa shape index (κ2) is 13.3. The molecule has 1 unspecified atom stereocenters. The second-order valence-corrected chi connectivity index (χ2v) is 12.3. The number of hydrogen-bond acceptors (Lipinski definition) is 7. The molecule has 7 N–H and O–H groups in total. The van der Waals surface area contributed by atoms with Crippen LogP contribution in [-0.2, 0) is 21.5 Å². The summed E-state index contributed by atoms with van der Waals surface area (Å²) in [7, 11) is 1.56. The molecule has 3 amide bonds. The number of methoxy groups -OCH3 is 1. The third-order valence-electron chi connectivity index (χ3n) is 8.26. The van der Waals surface area contributed by atoms with Gasteiger partial charge in [0.1, 0.15) is 17.5 Å². The smallest absolute Gasteiger partial charge is 0.268 e. The minimum Gasteiger partial charge on any atom is -0.496 e. The summed E-state index contributed by atoms with van der Waals surface area (Å²) in [5.41, 5.74) is 7.94. The van der Waals surface area contributed by atoms with Gasteiger partial charge >= 0.3 is 0 Å². The number of rotatable bonds is 13. The maximum Gasteiger partial charge on any atom is 0.268 e. The highest BCUT2D eigenvalue weighted by Crippen LogP contribution is 2.35. The van der Waals surface area contributed by atoms with E-state index in [1.54, 1.807) is 13.2 Å². The Labute approximate surface area is 251 Å². The lowest BCUT2D eigenvalue weighted by Crippen LogP contribution is -2.50. The molecule has 2 aromatic heterocycles. The molecule has 12 nitrogen and oxygen atoms in total. The van der Waals surface area contributed by atoms with Gasteiger partial charge in [0.25, 0.3) is 5.91 Å². The zero-order chi connectivity index (χ0) is 31.3. The second-order valence-electron chi connectivity index (χ2n) is 12.3. The number of fused-ring (bicyclic) bond motifs is 1. The van der Waals surface area contributed by atoms with E-state index in [4.69, 9.17) is 10.5 Å². The summed E-state index contributed by atoms with van der Waals surface area (Å²) in [5, 5.41) is 26.5. The van der Waals surface area contributed by atoms with Crippen molar-refractivity contribution < 1.29 is 19.1 Å². The van der Waals surface area contributed by atoms with E-state index < -0.39 is 35.2 Å². The molecule has 1 fully saturated rings. The number of aromatic amines is 2. The predicted molar refractivity (Wildman–Crippen MR) is 162 cm³/mol. The molecule has 0 bridgehead atoms. The van der Waals surface area contributed by atoms with Gasteiger partial charge in [0, 0.05) is 46.6 Å². The minimum absolute atomic E-state index is 0.0347. The van der Waals surface area contributed by atoms with E-state index in [9.17, 15) is 19.6 Å². The molecule has 4 atom stereocenters. The lowest BCUT2D eigenvalue weighted by molar-refractivity contribution is -0.126. The van der Waals surface area contributed by atoms with Gasteiger partial charge in [0.05, 0.1) is 25.3 Å². The molecule has 1 aromatic carbocycles. The fourth-order valence-electron chi connectivity index (χ4n) is 5.71. The van der Waals surface area contributed by atoms with Crippen LogP contribution in [0.4, 0.5) is 0 Å². The fraction of sp³-hybridized carbons (Fsp3) is 0.516. The Morgan fingerprint density at radius 3 is 2.67 bits per heavy atom. The zero-order valence-corrected chi connectivity index (χ0v) is 25.4. The van der Waals surface area contributed by atoms with E-state index in [2.05, 4.69) is 37.2 Å². The molecular formula is C31H42N8O4. The molecule has 0 aliphatic carbocycles. The summed E-state index contributed by atoms with van der Waals surface area (Å²) < 4.78 is 5.39. The number of ether oxygens (including phenoxy) is 1. The van der Waals surface area contributed by atoms with E-state index in [-0.39, 0.29) is 24.3 Å². The Hall–Kier alpha value is -4.37. The van der Waals surface area contributed by atoms with E-state index in [0.717, 1.165) is 22.3 Å². The molecule has 4 rings (SSSR count). The van der Waals surface area contributed by atoms with Crippen LogP contribution in [0, 0.1) is 23.2 Å². The van der Waals surface area contributed by atoms with Crippen LogP contribution >= 0.6 is 0 Å². The Kier molecular flexibility index (Phi) is 9.76. The van der Waals surface area contributed by atoms with Gasteiger partial charge in [0.2, 0.25) is 11.8 Å². The highest BCUT2D eigenvalue weighted by atomic mass is 16.5. The predicted octanol–water partition coefficient (Wildman–Crippen LogP) is 2.77. The maximum absolute atomic E-state index is 13.5. The summed E-state index contributed by atoms with van der Waals surface area (Å²) in [5.74, 6) is -0.584. The van der Waals surface area contributed by atoms with Crippen LogP contribution in [0.5, 0.6) is 5.75 Å². The van der Waals surface area contributed by atoms with E-state index >= 15 is 0 Å². The van der Waals surface area contributed by atoms with Crippen LogP contribution in [0.25, 0.3) is 10.9 Å². The quantitative estimate of drug-likeness (QED) is 0.176. The van der Waals surface area contributed by atoms with Crippen molar-refractivity contribution in [1.82, 2.24) is 31.1 Å². The minimum atomic E-state index is -0.831. The number of aromatic nitrogens is 3. The number of hydrogen-bond donors (Lipinski definition) is 6. The number of nitriles is 1. The van der Waals surface area contributed by atoms with Gasteiger partial charge in [-0.05, 0) is 49.4 Å². The van der Waals surface area contributed by atoms with Crippen LogP contribution in [0.15, 0.2) is 30.3 Å². The first-order chi connectivity index (χ1) is 20.5. The van der Waals surface area contributed by atoms with E-state index in [1.807, 2.05) is 52.0 Å². The summed E-state index contributed by atoms with van der Waals surface area (Å²) in [4.78, 5) is 42.9. The number of benzene rings is 1.